The molecule has 0 spiro atoms. The molecule has 3 rings (SSSR count). The van der Waals surface area contributed by atoms with Crippen LogP contribution in [0.5, 0.6) is 0 Å². The van der Waals surface area contributed by atoms with Gasteiger partial charge in [-0.2, -0.15) is 0 Å². The molecule has 2 aliphatic rings. The van der Waals surface area contributed by atoms with E-state index in [9.17, 15) is 14.7 Å². The molecule has 1 amide bonds. The van der Waals surface area contributed by atoms with Gasteiger partial charge in [-0.3, -0.25) is 19.4 Å². The monoisotopic (exact) mass is 373 g/mol. The Morgan fingerprint density at radius 3 is 2.26 bits per heavy atom. The fourth-order valence-electron chi connectivity index (χ4n) is 4.43. The fraction of sp³-hybridized carbons (Fsp3) is 0.619. The molecule has 0 bridgehead atoms. The lowest BCUT2D eigenvalue weighted by molar-refractivity contribution is -0.143. The Bertz CT molecular complexity index is 653. The lowest BCUT2D eigenvalue weighted by Gasteiger charge is -2.29. The van der Waals surface area contributed by atoms with Crippen molar-refractivity contribution >= 4 is 11.9 Å². The normalized spacial score (nSPS) is 21.0. The first kappa shape index (κ1) is 19.8. The third kappa shape index (κ3) is 4.68. The van der Waals surface area contributed by atoms with Crippen LogP contribution in [0, 0.1) is 0 Å². The standard InChI is InChI=1S/C21H31N3O3/c1-22(2)20(25)17-10-8-16(9-11-17)19(21(26)27)24-13-5-12-23(14-15-24)18-6-3-4-7-18/h8-11,18-19H,3-7,12-15H2,1-2H3,(H,26,27). The third-order valence-electron chi connectivity index (χ3n) is 5.88. The number of rotatable bonds is 5. The van der Waals surface area contributed by atoms with Crippen molar-refractivity contribution in [3.63, 3.8) is 0 Å². The average Bonchev–Trinajstić information content (AvgIpc) is 3.08. The Balaban J connectivity index is 1.71. The molecule has 1 aliphatic heterocycles. The molecule has 1 saturated carbocycles. The van der Waals surface area contributed by atoms with E-state index in [0.29, 0.717) is 11.6 Å². The summed E-state index contributed by atoms with van der Waals surface area (Å²) in [6.45, 7) is 3.56. The maximum Gasteiger partial charge on any atom is 0.325 e. The van der Waals surface area contributed by atoms with Gasteiger partial charge in [-0.25, -0.2) is 0 Å². The molecule has 1 saturated heterocycles. The van der Waals surface area contributed by atoms with Crippen LogP contribution < -0.4 is 0 Å². The molecule has 0 radical (unpaired) electrons. The molecule has 27 heavy (non-hydrogen) atoms. The molecule has 1 atom stereocenters. The molecule has 1 aromatic carbocycles. The highest BCUT2D eigenvalue weighted by Gasteiger charge is 2.31. The van der Waals surface area contributed by atoms with Crippen molar-refractivity contribution in [2.75, 3.05) is 40.3 Å². The van der Waals surface area contributed by atoms with Crippen LogP contribution in [-0.4, -0.2) is 78.0 Å². The Labute approximate surface area is 161 Å². The summed E-state index contributed by atoms with van der Waals surface area (Å²) in [6, 6.07) is 7.07. The fourth-order valence-corrected chi connectivity index (χ4v) is 4.43. The minimum atomic E-state index is -0.823. The second-order valence-corrected chi connectivity index (χ2v) is 7.93. The highest BCUT2D eigenvalue weighted by atomic mass is 16.4. The van der Waals surface area contributed by atoms with Crippen LogP contribution in [0.15, 0.2) is 24.3 Å². The zero-order valence-electron chi connectivity index (χ0n) is 16.4. The van der Waals surface area contributed by atoms with Crippen LogP contribution in [0.25, 0.3) is 0 Å². The van der Waals surface area contributed by atoms with Crippen molar-refractivity contribution in [2.45, 2.75) is 44.2 Å². The van der Waals surface area contributed by atoms with Gasteiger partial charge < -0.3 is 10.0 Å². The lowest BCUT2D eigenvalue weighted by Crippen LogP contribution is -2.39. The van der Waals surface area contributed by atoms with E-state index in [4.69, 9.17) is 0 Å². The number of carbonyl (C=O) groups is 2. The van der Waals surface area contributed by atoms with Crippen molar-refractivity contribution in [3.05, 3.63) is 35.4 Å². The van der Waals surface area contributed by atoms with Crippen LogP contribution in [0.3, 0.4) is 0 Å². The number of nitrogens with zero attached hydrogens (tertiary/aromatic N) is 3. The maximum atomic E-state index is 12.1. The van der Waals surface area contributed by atoms with Crippen LogP contribution >= 0.6 is 0 Å². The van der Waals surface area contributed by atoms with Gasteiger partial charge in [0.25, 0.3) is 5.91 Å². The Kier molecular flexibility index (Phi) is 6.50. The van der Waals surface area contributed by atoms with E-state index in [0.717, 1.165) is 38.2 Å². The molecule has 6 heteroatoms. The molecule has 1 unspecified atom stereocenters. The molecule has 1 heterocycles. The van der Waals surface area contributed by atoms with E-state index in [1.807, 2.05) is 0 Å². The summed E-state index contributed by atoms with van der Waals surface area (Å²) in [6.07, 6.45) is 6.20. The van der Waals surface area contributed by atoms with Gasteiger partial charge in [-0.1, -0.05) is 25.0 Å². The van der Waals surface area contributed by atoms with Crippen molar-refractivity contribution in [3.8, 4) is 0 Å². The minimum Gasteiger partial charge on any atom is -0.480 e. The molecule has 148 valence electrons. The van der Waals surface area contributed by atoms with Crippen LogP contribution in [0.1, 0.15) is 54.1 Å². The van der Waals surface area contributed by atoms with Gasteiger partial charge in [0.1, 0.15) is 6.04 Å². The maximum absolute atomic E-state index is 12.1. The SMILES string of the molecule is CN(C)C(=O)c1ccc(C(C(=O)O)N2CCCN(C3CCCC3)CC2)cc1. The summed E-state index contributed by atoms with van der Waals surface area (Å²) in [5.41, 5.74) is 1.32. The van der Waals surface area contributed by atoms with E-state index in [1.165, 1.54) is 30.6 Å². The van der Waals surface area contributed by atoms with Gasteiger partial charge in [0.15, 0.2) is 0 Å². The molecular formula is C21H31N3O3. The third-order valence-corrected chi connectivity index (χ3v) is 5.88. The van der Waals surface area contributed by atoms with E-state index < -0.39 is 12.0 Å². The van der Waals surface area contributed by atoms with E-state index in [2.05, 4.69) is 9.80 Å². The molecule has 1 aliphatic carbocycles. The molecule has 1 aromatic rings. The summed E-state index contributed by atoms with van der Waals surface area (Å²) >= 11 is 0. The van der Waals surface area contributed by atoms with Gasteiger partial charge in [0.05, 0.1) is 0 Å². The van der Waals surface area contributed by atoms with E-state index >= 15 is 0 Å². The summed E-state index contributed by atoms with van der Waals surface area (Å²) in [7, 11) is 3.42. The predicted molar refractivity (Wildman–Crippen MR) is 105 cm³/mol. The largest absolute Gasteiger partial charge is 0.480 e. The first-order valence-electron chi connectivity index (χ1n) is 10.00. The average molecular weight is 373 g/mol. The van der Waals surface area contributed by atoms with Crippen LogP contribution in [-0.2, 0) is 4.79 Å². The number of aliphatic carboxylic acids is 1. The number of carboxylic acid groups (broad SMARTS) is 1. The predicted octanol–water partition coefficient (Wildman–Crippen LogP) is 2.46. The van der Waals surface area contributed by atoms with Gasteiger partial charge in [-0.15, -0.1) is 0 Å². The van der Waals surface area contributed by atoms with Crippen molar-refractivity contribution < 1.29 is 14.7 Å². The number of hydrogen-bond donors (Lipinski definition) is 1. The summed E-state index contributed by atoms with van der Waals surface area (Å²) in [4.78, 5) is 30.3. The number of amides is 1. The highest BCUT2D eigenvalue weighted by molar-refractivity contribution is 5.94. The molecule has 0 aromatic heterocycles. The van der Waals surface area contributed by atoms with E-state index in [-0.39, 0.29) is 5.91 Å². The minimum absolute atomic E-state index is 0.0737. The topological polar surface area (TPSA) is 64.1 Å². The smallest absolute Gasteiger partial charge is 0.325 e. The summed E-state index contributed by atoms with van der Waals surface area (Å²) < 4.78 is 0. The highest BCUT2D eigenvalue weighted by Crippen LogP contribution is 2.27. The number of benzene rings is 1. The van der Waals surface area contributed by atoms with Crippen LogP contribution in [0.2, 0.25) is 0 Å². The second kappa shape index (κ2) is 8.85. The van der Waals surface area contributed by atoms with Crippen molar-refractivity contribution in [1.29, 1.82) is 0 Å². The van der Waals surface area contributed by atoms with Gasteiger partial charge in [0, 0.05) is 45.3 Å². The summed E-state index contributed by atoms with van der Waals surface area (Å²) in [5.74, 6) is -0.897. The Morgan fingerprint density at radius 2 is 1.67 bits per heavy atom. The zero-order valence-corrected chi connectivity index (χ0v) is 16.4. The van der Waals surface area contributed by atoms with Crippen molar-refractivity contribution in [2.24, 2.45) is 0 Å². The summed E-state index contributed by atoms with van der Waals surface area (Å²) in [5, 5.41) is 9.88. The Morgan fingerprint density at radius 1 is 1.00 bits per heavy atom. The Hall–Kier alpha value is -1.92. The second-order valence-electron chi connectivity index (χ2n) is 7.93. The lowest BCUT2D eigenvalue weighted by atomic mass is 10.0. The van der Waals surface area contributed by atoms with Gasteiger partial charge in [0.2, 0.25) is 0 Å². The molecule has 2 fully saturated rings. The number of carbonyl (C=O) groups excluding carboxylic acids is 1. The first-order valence-corrected chi connectivity index (χ1v) is 10.00. The van der Waals surface area contributed by atoms with Gasteiger partial charge in [-0.05, 0) is 43.5 Å². The molecule has 1 N–H and O–H groups in total. The number of hydrogen-bond acceptors (Lipinski definition) is 4. The number of carboxylic acids is 1. The van der Waals surface area contributed by atoms with Gasteiger partial charge >= 0.3 is 5.97 Å². The van der Waals surface area contributed by atoms with Crippen LogP contribution in [0.4, 0.5) is 0 Å². The molecular weight excluding hydrogens is 342 g/mol. The molecule has 6 nitrogen and oxygen atoms in total. The van der Waals surface area contributed by atoms with E-state index in [1.54, 1.807) is 38.4 Å². The first-order chi connectivity index (χ1) is 13.0. The zero-order chi connectivity index (χ0) is 19.4. The van der Waals surface area contributed by atoms with Crippen molar-refractivity contribution in [1.82, 2.24) is 14.7 Å². The quantitative estimate of drug-likeness (QED) is 0.859.